The van der Waals surface area contributed by atoms with E-state index < -0.39 is 0 Å². The fourth-order valence-corrected chi connectivity index (χ4v) is 0. The van der Waals surface area contributed by atoms with Crippen LogP contribution in [0.25, 0.3) is 0 Å². The molecule has 0 rings (SSSR count). The summed E-state index contributed by atoms with van der Waals surface area (Å²) in [5, 5.41) is 0. The average Bonchev–Trinajstić information content (AvgIpc) is 0. The number of halogens is 6. The molecule has 0 atom stereocenters. The minimum atomic E-state index is 0. The van der Waals surface area contributed by atoms with Gasteiger partial charge in [0.15, 0.2) is 0 Å². The van der Waals surface area contributed by atoms with Gasteiger partial charge in [0.25, 0.3) is 0 Å². The third-order valence-electron chi connectivity index (χ3n) is 0. The van der Waals surface area contributed by atoms with Gasteiger partial charge in [-0.1, -0.05) is 0 Å². The van der Waals surface area contributed by atoms with E-state index in [1.807, 2.05) is 0 Å². The Kier molecular flexibility index (Phi) is 483. The molecule has 54 valence electrons. The van der Waals surface area contributed by atoms with Gasteiger partial charge in [-0.25, -0.2) is 0 Å². The molecule has 0 bridgehead atoms. The minimum Gasteiger partial charge on any atom is -1.00 e. The van der Waals surface area contributed by atoms with Crippen molar-refractivity contribution in [2.45, 2.75) is 0 Å². The maximum absolute atomic E-state index is 0. The molecule has 0 saturated carbocycles. The maximum Gasteiger partial charge on any atom is 3.00 e. The Bertz CT molecular complexity index is 6.49. The van der Waals surface area contributed by atoms with Gasteiger partial charge in [-0.05, 0) is 0 Å². The van der Waals surface area contributed by atoms with Crippen LogP contribution in [-0.4, -0.2) is 0 Å². The van der Waals surface area contributed by atoms with Crippen LogP contribution in [0.5, 0.6) is 0 Å². The van der Waals surface area contributed by atoms with Gasteiger partial charge in [0.2, 0.25) is 0 Å². The van der Waals surface area contributed by atoms with Gasteiger partial charge in [-0.15, -0.1) is 0 Å². The molecule has 0 aliphatic heterocycles. The second kappa shape index (κ2) is 55.0. The number of hydrogen-bond acceptors (Lipinski definition) is 0. The summed E-state index contributed by atoms with van der Waals surface area (Å²) in [4.78, 5) is 0. The SMILES string of the molecule is [Cr+3].[Cr+3].[I-].[I-].[I-].[I-].[I-].[I-]. The van der Waals surface area contributed by atoms with Crippen molar-refractivity contribution in [1.29, 1.82) is 0 Å². The second-order valence-electron chi connectivity index (χ2n) is 0. The number of hydrogen-bond donors (Lipinski definition) is 0. The molecule has 8 heteroatoms. The van der Waals surface area contributed by atoms with Crippen LogP contribution in [0.4, 0.5) is 0 Å². The van der Waals surface area contributed by atoms with Crippen molar-refractivity contribution in [2.24, 2.45) is 0 Å². The molecular formula is Cr2I6. The smallest absolute Gasteiger partial charge is 1.00 e. The molecule has 0 heterocycles. The van der Waals surface area contributed by atoms with E-state index in [0.29, 0.717) is 0 Å². The van der Waals surface area contributed by atoms with Crippen LogP contribution in [0.1, 0.15) is 0 Å². The van der Waals surface area contributed by atoms with E-state index in [1.54, 1.807) is 0 Å². The van der Waals surface area contributed by atoms with Gasteiger partial charge in [0, 0.05) is 0 Å². The van der Waals surface area contributed by atoms with Crippen molar-refractivity contribution in [3.05, 3.63) is 0 Å². The first kappa shape index (κ1) is 70.2. The Morgan fingerprint density at radius 1 is 0.250 bits per heavy atom. The molecule has 0 aromatic rings. The third kappa shape index (κ3) is 42.1. The molecule has 2 radical (unpaired) electrons. The molecule has 0 spiro atoms. The van der Waals surface area contributed by atoms with E-state index >= 15 is 0 Å². The summed E-state index contributed by atoms with van der Waals surface area (Å²) >= 11 is 0. The van der Waals surface area contributed by atoms with E-state index in [0.717, 1.165) is 0 Å². The molecule has 0 aromatic carbocycles. The van der Waals surface area contributed by atoms with Crippen LogP contribution in [0.3, 0.4) is 0 Å². The van der Waals surface area contributed by atoms with Gasteiger partial charge in [0.05, 0.1) is 0 Å². The standard InChI is InChI=1S/2Cr.6HI/h;;6*1H/q2*+3;;;;;;/p-6. The Morgan fingerprint density at radius 2 is 0.250 bits per heavy atom. The summed E-state index contributed by atoms with van der Waals surface area (Å²) < 4.78 is 0. The van der Waals surface area contributed by atoms with E-state index in [1.165, 1.54) is 0 Å². The molecule has 0 fully saturated rings. The molecule has 0 unspecified atom stereocenters. The number of rotatable bonds is 0. The predicted molar refractivity (Wildman–Crippen MR) is 0 cm³/mol. The summed E-state index contributed by atoms with van der Waals surface area (Å²) in [6.07, 6.45) is 0. The average molecular weight is 865 g/mol. The van der Waals surface area contributed by atoms with E-state index in [4.69, 9.17) is 0 Å². The zero-order valence-corrected chi connectivity index (χ0v) is 18.6. The quantitative estimate of drug-likeness (QED) is 0.213. The van der Waals surface area contributed by atoms with Crippen LogP contribution < -0.4 is 144 Å². The van der Waals surface area contributed by atoms with Crippen molar-refractivity contribution >= 4 is 0 Å². The first-order valence-electron chi connectivity index (χ1n) is 0. The Hall–Kier alpha value is 5.44. The van der Waals surface area contributed by atoms with Gasteiger partial charge >= 0.3 is 34.7 Å². The summed E-state index contributed by atoms with van der Waals surface area (Å²) in [6.45, 7) is 0. The largest absolute Gasteiger partial charge is 3.00 e. The second-order valence-corrected chi connectivity index (χ2v) is 0. The zero-order chi connectivity index (χ0) is 0. The van der Waals surface area contributed by atoms with Crippen LogP contribution in [0.15, 0.2) is 0 Å². The van der Waals surface area contributed by atoms with Crippen molar-refractivity contribution in [2.75, 3.05) is 0 Å². The summed E-state index contributed by atoms with van der Waals surface area (Å²) in [7, 11) is 0. The van der Waals surface area contributed by atoms with Gasteiger partial charge in [-0.2, -0.15) is 0 Å². The summed E-state index contributed by atoms with van der Waals surface area (Å²) in [5.74, 6) is 0. The van der Waals surface area contributed by atoms with Gasteiger partial charge in [-0.3, -0.25) is 0 Å². The van der Waals surface area contributed by atoms with Crippen LogP contribution >= 0.6 is 0 Å². The van der Waals surface area contributed by atoms with E-state index in [-0.39, 0.29) is 179 Å². The molecular weight excluding hydrogens is 865 g/mol. The maximum atomic E-state index is 0. The molecule has 0 amide bonds. The van der Waals surface area contributed by atoms with Crippen molar-refractivity contribution in [3.8, 4) is 0 Å². The van der Waals surface area contributed by atoms with Gasteiger partial charge in [0.1, 0.15) is 0 Å². The van der Waals surface area contributed by atoms with Crippen molar-refractivity contribution in [1.82, 2.24) is 0 Å². The Balaban J connectivity index is 0. The molecule has 0 saturated heterocycles. The first-order valence-corrected chi connectivity index (χ1v) is 0. The van der Waals surface area contributed by atoms with E-state index in [9.17, 15) is 0 Å². The summed E-state index contributed by atoms with van der Waals surface area (Å²) in [5.41, 5.74) is 0. The predicted octanol–water partition coefficient (Wildman–Crippen LogP) is -18.0. The van der Waals surface area contributed by atoms with Crippen molar-refractivity contribution < 1.29 is 179 Å². The Morgan fingerprint density at radius 3 is 0.250 bits per heavy atom. The third-order valence-corrected chi connectivity index (χ3v) is 0. The molecule has 0 aliphatic carbocycles. The zero-order valence-electron chi connectivity index (χ0n) is 3.08. The molecule has 0 nitrogen and oxygen atoms in total. The normalized spacial score (nSPS) is 0. The topological polar surface area (TPSA) is 0 Å². The van der Waals surface area contributed by atoms with Crippen LogP contribution in [0, 0.1) is 0 Å². The molecule has 0 aromatic heterocycles. The monoisotopic (exact) mass is 865 g/mol. The molecule has 8 heavy (non-hydrogen) atoms. The fourth-order valence-electron chi connectivity index (χ4n) is 0. The van der Waals surface area contributed by atoms with Crippen LogP contribution in [-0.2, 0) is 34.7 Å². The van der Waals surface area contributed by atoms with Gasteiger partial charge < -0.3 is 144 Å². The molecule has 0 N–H and O–H groups in total. The fraction of sp³-hybridized carbons (Fsp3) is 0. The van der Waals surface area contributed by atoms with Crippen LogP contribution in [0.2, 0.25) is 0 Å². The van der Waals surface area contributed by atoms with Crippen molar-refractivity contribution in [3.63, 3.8) is 0 Å². The Labute approximate surface area is 174 Å². The van der Waals surface area contributed by atoms with E-state index in [2.05, 4.69) is 0 Å². The first-order chi connectivity index (χ1) is 0. The molecule has 0 aliphatic rings. The summed E-state index contributed by atoms with van der Waals surface area (Å²) in [6, 6.07) is 0. The minimum absolute atomic E-state index is 0.